The van der Waals surface area contributed by atoms with E-state index in [4.69, 9.17) is 37.0 Å². The van der Waals surface area contributed by atoms with Crippen LogP contribution in [0.1, 0.15) is 402 Å². The van der Waals surface area contributed by atoms with Gasteiger partial charge in [0.15, 0.2) is 12.2 Å². The zero-order valence-corrected chi connectivity index (χ0v) is 65.3. The van der Waals surface area contributed by atoms with E-state index in [1.54, 1.807) is 0 Å². The Balaban J connectivity index is 5.12. The number of rotatable bonds is 76. The Hall–Kier alpha value is -1.94. The predicted octanol–water partition coefficient (Wildman–Crippen LogP) is 23.0. The molecular weight excluding hydrogens is 1270 g/mol. The van der Waals surface area contributed by atoms with Crippen molar-refractivity contribution in [2.24, 2.45) is 17.8 Å². The average Bonchev–Trinajstić information content (AvgIpc) is 1.11. The van der Waals surface area contributed by atoms with E-state index in [-0.39, 0.29) is 25.7 Å². The molecule has 0 saturated heterocycles. The van der Waals surface area contributed by atoms with E-state index in [1.165, 1.54) is 205 Å². The molecule has 97 heavy (non-hydrogen) atoms. The number of hydrogen-bond acceptors (Lipinski definition) is 15. The summed E-state index contributed by atoms with van der Waals surface area (Å²) in [6, 6.07) is 0. The maximum absolute atomic E-state index is 13.1. The van der Waals surface area contributed by atoms with Gasteiger partial charge in [0.05, 0.1) is 26.4 Å². The fourth-order valence-corrected chi connectivity index (χ4v) is 13.5. The minimum Gasteiger partial charge on any atom is -0.462 e. The highest BCUT2D eigenvalue weighted by Gasteiger charge is 2.30. The molecule has 576 valence electrons. The lowest BCUT2D eigenvalue weighted by atomic mass is 9.99. The predicted molar refractivity (Wildman–Crippen MR) is 395 cm³/mol. The van der Waals surface area contributed by atoms with Gasteiger partial charge in [0.25, 0.3) is 0 Å². The monoisotopic (exact) mass is 1420 g/mol. The molecule has 0 amide bonds. The van der Waals surface area contributed by atoms with Gasteiger partial charge in [-0.15, -0.1) is 0 Å². The normalized spacial score (nSPS) is 14.6. The molecule has 19 heteroatoms. The van der Waals surface area contributed by atoms with Gasteiger partial charge in [-0.2, -0.15) is 0 Å². The van der Waals surface area contributed by atoms with E-state index in [1.807, 2.05) is 0 Å². The zero-order valence-electron chi connectivity index (χ0n) is 63.5. The summed E-state index contributed by atoms with van der Waals surface area (Å²) in [6.07, 6.45) is 56.0. The number of carbonyl (C=O) groups excluding carboxylic acids is 4. The van der Waals surface area contributed by atoms with E-state index in [2.05, 4.69) is 48.5 Å². The molecule has 0 aromatic carbocycles. The van der Waals surface area contributed by atoms with E-state index in [0.717, 1.165) is 114 Å². The van der Waals surface area contributed by atoms with Crippen molar-refractivity contribution < 1.29 is 80.2 Å². The molecule has 17 nitrogen and oxygen atoms in total. The van der Waals surface area contributed by atoms with Crippen LogP contribution in [-0.2, 0) is 65.4 Å². The van der Waals surface area contributed by atoms with Gasteiger partial charge in [-0.1, -0.05) is 350 Å². The number of hydrogen-bond donors (Lipinski definition) is 3. The summed E-state index contributed by atoms with van der Waals surface area (Å²) < 4.78 is 68.3. The van der Waals surface area contributed by atoms with Gasteiger partial charge < -0.3 is 33.8 Å². The van der Waals surface area contributed by atoms with Crippen molar-refractivity contribution in [3.8, 4) is 0 Å². The number of phosphoric acid groups is 2. The van der Waals surface area contributed by atoms with Crippen LogP contribution >= 0.6 is 15.6 Å². The molecule has 0 radical (unpaired) electrons. The van der Waals surface area contributed by atoms with Gasteiger partial charge >= 0.3 is 39.5 Å². The highest BCUT2D eigenvalue weighted by Crippen LogP contribution is 2.45. The lowest BCUT2D eigenvalue weighted by Gasteiger charge is -2.21. The Morgan fingerprint density at radius 2 is 0.526 bits per heavy atom. The number of ether oxygens (including phenoxy) is 4. The van der Waals surface area contributed by atoms with Crippen molar-refractivity contribution in [2.75, 3.05) is 39.6 Å². The molecule has 0 aliphatic rings. The number of esters is 4. The standard InChI is InChI=1S/C78H152O17P2/c1-8-11-12-42-52-59-75(80)88-65-73(94-78(83)62-55-48-41-35-29-30-36-43-49-56-69(4)5)67-92-96(84,85)90-63-72(79)64-91-97(86,87)93-68-74(66-89-76(81)60-53-46-39-33-27-23-20-19-22-26-32-38-45-51-58-71(7)10-3)95-77(82)61-54-47-40-34-28-24-18-16-14-13-15-17-21-25-31-37-44-50-57-70(6)9-2/h69-74,79H,8-68H2,1-7H3,(H,84,85)(H,86,87)/t70?,71?,72-,73+,74+/m0/s1. The third-order valence-electron chi connectivity index (χ3n) is 18.9. The van der Waals surface area contributed by atoms with Crippen molar-refractivity contribution >= 4 is 39.5 Å². The van der Waals surface area contributed by atoms with Crippen LogP contribution in [0.3, 0.4) is 0 Å². The molecule has 0 aromatic heterocycles. The number of aliphatic hydroxyl groups excluding tert-OH is 1. The van der Waals surface area contributed by atoms with Crippen molar-refractivity contribution in [3.05, 3.63) is 0 Å². The van der Waals surface area contributed by atoms with E-state index >= 15 is 0 Å². The van der Waals surface area contributed by atoms with E-state index in [0.29, 0.717) is 25.7 Å². The lowest BCUT2D eigenvalue weighted by molar-refractivity contribution is -0.161. The average molecular weight is 1420 g/mol. The lowest BCUT2D eigenvalue weighted by Crippen LogP contribution is -2.30. The first-order valence-corrected chi connectivity index (χ1v) is 43.4. The highest BCUT2D eigenvalue weighted by molar-refractivity contribution is 7.47. The molecule has 0 aliphatic heterocycles. The third-order valence-corrected chi connectivity index (χ3v) is 20.8. The molecule has 0 fully saturated rings. The van der Waals surface area contributed by atoms with Crippen molar-refractivity contribution in [3.63, 3.8) is 0 Å². The molecule has 7 atom stereocenters. The number of unbranched alkanes of at least 4 members (excludes halogenated alkanes) is 42. The van der Waals surface area contributed by atoms with Crippen molar-refractivity contribution in [2.45, 2.75) is 420 Å². The first kappa shape index (κ1) is 95.1. The van der Waals surface area contributed by atoms with Gasteiger partial charge in [0, 0.05) is 25.7 Å². The second-order valence-electron chi connectivity index (χ2n) is 29.1. The first-order valence-electron chi connectivity index (χ1n) is 40.4. The molecule has 3 N–H and O–H groups in total. The molecule has 0 spiro atoms. The zero-order chi connectivity index (χ0) is 71.6. The Kier molecular flexibility index (Phi) is 67.1. The van der Waals surface area contributed by atoms with Crippen LogP contribution in [0.15, 0.2) is 0 Å². The molecule has 0 saturated carbocycles. The second-order valence-corrected chi connectivity index (χ2v) is 32.0. The largest absolute Gasteiger partial charge is 0.472 e. The van der Waals surface area contributed by atoms with Crippen LogP contribution in [0.5, 0.6) is 0 Å². The molecule has 0 rings (SSSR count). The summed E-state index contributed by atoms with van der Waals surface area (Å²) in [6.45, 7) is 11.9. The molecule has 0 bridgehead atoms. The summed E-state index contributed by atoms with van der Waals surface area (Å²) in [4.78, 5) is 72.6. The summed E-state index contributed by atoms with van der Waals surface area (Å²) in [5, 5.41) is 10.6. The van der Waals surface area contributed by atoms with Gasteiger partial charge in [-0.3, -0.25) is 37.3 Å². The number of phosphoric ester groups is 2. The van der Waals surface area contributed by atoms with Crippen LogP contribution in [0.2, 0.25) is 0 Å². The SMILES string of the molecule is CCCCCCCC(=O)OC[C@H](COP(=O)(O)OC[C@H](O)COP(=O)(O)OC[C@@H](COC(=O)CCCCCCCCCCCCCCCCC(C)CC)OC(=O)CCCCCCCCCCCCCCCCCCCCC(C)CC)OC(=O)CCCCCCCCCCCC(C)C. The van der Waals surface area contributed by atoms with E-state index in [9.17, 15) is 43.2 Å². The molecular formula is C78H152O17P2. The quantitative estimate of drug-likeness (QED) is 0.0222. The van der Waals surface area contributed by atoms with Crippen LogP contribution in [0, 0.1) is 17.8 Å². The molecule has 0 aromatic rings. The number of aliphatic hydroxyl groups is 1. The fourth-order valence-electron chi connectivity index (χ4n) is 11.9. The van der Waals surface area contributed by atoms with Crippen molar-refractivity contribution in [1.82, 2.24) is 0 Å². The summed E-state index contributed by atoms with van der Waals surface area (Å²) in [5.41, 5.74) is 0. The van der Waals surface area contributed by atoms with Crippen LogP contribution in [0.25, 0.3) is 0 Å². The van der Waals surface area contributed by atoms with Gasteiger partial charge in [0.1, 0.15) is 19.3 Å². The Morgan fingerprint density at radius 3 is 0.784 bits per heavy atom. The van der Waals surface area contributed by atoms with Crippen LogP contribution in [-0.4, -0.2) is 96.7 Å². The molecule has 4 unspecified atom stereocenters. The Morgan fingerprint density at radius 1 is 0.299 bits per heavy atom. The fraction of sp³-hybridized carbons (Fsp3) is 0.949. The number of carbonyl (C=O) groups is 4. The minimum atomic E-state index is -4.96. The van der Waals surface area contributed by atoms with Crippen LogP contribution in [0.4, 0.5) is 0 Å². The highest BCUT2D eigenvalue weighted by atomic mass is 31.2. The molecule has 0 heterocycles. The Bertz CT molecular complexity index is 1890. The first-order chi connectivity index (χ1) is 46.8. The maximum atomic E-state index is 13.1. The minimum absolute atomic E-state index is 0.104. The third kappa shape index (κ3) is 69.5. The maximum Gasteiger partial charge on any atom is 0.472 e. The van der Waals surface area contributed by atoms with Gasteiger partial charge in [0.2, 0.25) is 0 Å². The van der Waals surface area contributed by atoms with Crippen molar-refractivity contribution in [1.29, 1.82) is 0 Å². The Labute approximate surface area is 594 Å². The van der Waals surface area contributed by atoms with Crippen LogP contribution < -0.4 is 0 Å². The summed E-state index contributed by atoms with van der Waals surface area (Å²) in [7, 11) is -9.90. The summed E-state index contributed by atoms with van der Waals surface area (Å²) in [5.74, 6) is 0.330. The van der Waals surface area contributed by atoms with E-state index < -0.39 is 97.5 Å². The van der Waals surface area contributed by atoms with Gasteiger partial charge in [-0.05, 0) is 43.4 Å². The molecule has 0 aliphatic carbocycles. The van der Waals surface area contributed by atoms with Gasteiger partial charge in [-0.25, -0.2) is 9.13 Å². The smallest absolute Gasteiger partial charge is 0.462 e. The topological polar surface area (TPSA) is 237 Å². The summed E-state index contributed by atoms with van der Waals surface area (Å²) >= 11 is 0. The second kappa shape index (κ2) is 68.5.